The number of carbonyl (C=O) groups excluding carboxylic acids is 3. The molecule has 1 aromatic rings. The summed E-state index contributed by atoms with van der Waals surface area (Å²) in [4.78, 5) is 38.8. The molecular weight excluding hydrogens is 441 g/mol. The number of carbonyl (C=O) groups is 3. The van der Waals surface area contributed by atoms with Gasteiger partial charge in [0.15, 0.2) is 0 Å². The predicted octanol–water partition coefficient (Wildman–Crippen LogP) is 4.02. The molecule has 0 aliphatic carbocycles. The number of amides is 2. The van der Waals surface area contributed by atoms with Crippen LogP contribution in [0, 0.1) is 0 Å². The van der Waals surface area contributed by atoms with Crippen molar-refractivity contribution in [3.05, 3.63) is 35.9 Å². The first-order valence-corrected chi connectivity index (χ1v) is 11.7. The fourth-order valence-corrected chi connectivity index (χ4v) is 4.41. The fourth-order valence-electron chi connectivity index (χ4n) is 2.20. The van der Waals surface area contributed by atoms with Gasteiger partial charge in [-0.15, -0.1) is 0 Å². The van der Waals surface area contributed by atoms with Crippen LogP contribution >= 0.6 is 0 Å². The maximum atomic E-state index is 12.8. The molecule has 0 aromatic heterocycles. The van der Waals surface area contributed by atoms with Gasteiger partial charge in [0.05, 0.1) is 0 Å². The third-order valence-corrected chi connectivity index (χ3v) is 5.64. The van der Waals surface area contributed by atoms with Gasteiger partial charge in [-0.2, -0.15) is 0 Å². The van der Waals surface area contributed by atoms with Gasteiger partial charge in [0.2, 0.25) is 0 Å². The van der Waals surface area contributed by atoms with E-state index in [1.165, 1.54) is 7.11 Å². The first kappa shape index (κ1) is 25.0. The zero-order valence-electron chi connectivity index (χ0n) is 18.2. The SMILES string of the molecule is COC(=O)[C@H](C[Se]Cc1ccccc1)N(C(=O)OC(C)(C)C)C(=O)OC(C)(C)C. The van der Waals surface area contributed by atoms with Crippen LogP contribution in [0.1, 0.15) is 47.1 Å². The van der Waals surface area contributed by atoms with Crippen LogP contribution in [0.5, 0.6) is 0 Å². The van der Waals surface area contributed by atoms with Crippen molar-refractivity contribution < 1.29 is 28.6 Å². The number of rotatable bonds is 6. The monoisotopic (exact) mass is 473 g/mol. The molecule has 1 aromatic carbocycles. The van der Waals surface area contributed by atoms with Crippen molar-refractivity contribution in [1.82, 2.24) is 4.90 Å². The van der Waals surface area contributed by atoms with Gasteiger partial charge in [0.1, 0.15) is 0 Å². The van der Waals surface area contributed by atoms with E-state index in [1.807, 2.05) is 30.3 Å². The third-order valence-electron chi connectivity index (χ3n) is 3.35. The van der Waals surface area contributed by atoms with Gasteiger partial charge in [0.25, 0.3) is 0 Å². The molecule has 8 heteroatoms. The van der Waals surface area contributed by atoms with Crippen LogP contribution < -0.4 is 0 Å². The number of ether oxygens (including phenoxy) is 3. The molecule has 0 fully saturated rings. The average molecular weight is 472 g/mol. The number of nitrogens with zero attached hydrogens (tertiary/aromatic N) is 1. The van der Waals surface area contributed by atoms with Crippen LogP contribution in [-0.4, -0.2) is 62.4 Å². The molecule has 0 bridgehead atoms. The number of hydrogen-bond donors (Lipinski definition) is 0. The summed E-state index contributed by atoms with van der Waals surface area (Å²) in [6.45, 7) is 10.1. The molecule has 0 aliphatic rings. The molecule has 7 nitrogen and oxygen atoms in total. The van der Waals surface area contributed by atoms with E-state index in [9.17, 15) is 14.4 Å². The molecule has 0 unspecified atom stereocenters. The van der Waals surface area contributed by atoms with Gasteiger partial charge >= 0.3 is 179 Å². The number of esters is 1. The Hall–Kier alpha value is -2.05. The molecule has 29 heavy (non-hydrogen) atoms. The molecule has 0 spiro atoms. The first-order chi connectivity index (χ1) is 13.3. The number of hydrogen-bond acceptors (Lipinski definition) is 6. The van der Waals surface area contributed by atoms with E-state index in [1.54, 1.807) is 41.5 Å². The van der Waals surface area contributed by atoms with Gasteiger partial charge in [-0.3, -0.25) is 0 Å². The minimum atomic E-state index is -1.12. The molecule has 0 aliphatic heterocycles. The molecule has 0 saturated heterocycles. The molecule has 1 atom stereocenters. The van der Waals surface area contributed by atoms with Crippen LogP contribution in [0.25, 0.3) is 0 Å². The predicted molar refractivity (Wildman–Crippen MR) is 111 cm³/mol. The van der Waals surface area contributed by atoms with E-state index in [-0.39, 0.29) is 20.3 Å². The Morgan fingerprint density at radius 1 is 0.931 bits per heavy atom. The normalized spacial score (nSPS) is 12.7. The Morgan fingerprint density at radius 3 is 1.83 bits per heavy atom. The van der Waals surface area contributed by atoms with E-state index >= 15 is 0 Å². The van der Waals surface area contributed by atoms with Crippen molar-refractivity contribution in [2.45, 2.75) is 69.4 Å². The van der Waals surface area contributed by atoms with Crippen LogP contribution in [0.3, 0.4) is 0 Å². The fraction of sp³-hybridized carbons (Fsp3) is 0.571. The van der Waals surface area contributed by atoms with E-state index < -0.39 is 35.4 Å². The Labute approximate surface area is 179 Å². The quantitative estimate of drug-likeness (QED) is 0.353. The minimum absolute atomic E-state index is 0.0670. The second-order valence-corrected chi connectivity index (χ2v) is 10.5. The van der Waals surface area contributed by atoms with E-state index in [0.29, 0.717) is 0 Å². The summed E-state index contributed by atoms with van der Waals surface area (Å²) < 4.78 is 15.6. The van der Waals surface area contributed by atoms with Crippen LogP contribution in [-0.2, 0) is 24.3 Å². The Balaban J connectivity index is 3.08. The Morgan fingerprint density at radius 2 is 1.41 bits per heavy atom. The van der Waals surface area contributed by atoms with Gasteiger partial charge in [-0.05, 0) is 0 Å². The summed E-state index contributed by atoms with van der Waals surface area (Å²) in [5.41, 5.74) is -0.558. The van der Waals surface area contributed by atoms with E-state index in [2.05, 4.69) is 0 Å². The van der Waals surface area contributed by atoms with Crippen molar-refractivity contribution in [3.8, 4) is 0 Å². The van der Waals surface area contributed by atoms with Crippen molar-refractivity contribution in [3.63, 3.8) is 0 Å². The standard InChI is InChI=1S/C21H31NO6Se/c1-20(2,3)27-18(24)22(19(25)28-21(4,5)6)16(17(23)26-7)14-29-13-15-11-9-8-10-12-15/h8-12,16H,13-14H2,1-7H3/t16-/m0/s1. The van der Waals surface area contributed by atoms with Crippen molar-refractivity contribution in [2.75, 3.05) is 7.11 Å². The molecule has 0 heterocycles. The second-order valence-electron chi connectivity index (χ2n) is 8.37. The van der Waals surface area contributed by atoms with Crippen LogP contribution in [0.2, 0.25) is 5.32 Å². The van der Waals surface area contributed by atoms with Crippen LogP contribution in [0.15, 0.2) is 30.3 Å². The van der Waals surface area contributed by atoms with E-state index in [4.69, 9.17) is 14.2 Å². The zero-order chi connectivity index (χ0) is 22.2. The topological polar surface area (TPSA) is 82.1 Å². The molecule has 2 amide bonds. The number of methoxy groups -OCH3 is 1. The van der Waals surface area contributed by atoms with Gasteiger partial charge in [-0.1, -0.05) is 0 Å². The van der Waals surface area contributed by atoms with Crippen LogP contribution in [0.4, 0.5) is 9.59 Å². The first-order valence-electron chi connectivity index (χ1n) is 9.29. The summed E-state index contributed by atoms with van der Waals surface area (Å²) in [6.07, 6.45) is -1.87. The van der Waals surface area contributed by atoms with Gasteiger partial charge < -0.3 is 0 Å². The van der Waals surface area contributed by atoms with Crippen molar-refractivity contribution >= 4 is 33.1 Å². The molecule has 1 rings (SSSR count). The summed E-state index contributed by atoms with van der Waals surface area (Å²) in [5.74, 6) is -0.684. The molecular formula is C21H31NO6Se. The van der Waals surface area contributed by atoms with Gasteiger partial charge in [0, 0.05) is 0 Å². The van der Waals surface area contributed by atoms with Gasteiger partial charge in [-0.25, -0.2) is 0 Å². The van der Waals surface area contributed by atoms with Crippen molar-refractivity contribution in [2.24, 2.45) is 0 Å². The summed E-state index contributed by atoms with van der Waals surface area (Å²) in [5, 5.41) is 1.03. The third kappa shape index (κ3) is 9.33. The maximum absolute atomic E-state index is 12.8. The molecule has 0 radical (unpaired) electrons. The number of benzene rings is 1. The Kier molecular flexibility index (Phi) is 9.17. The summed E-state index contributed by atoms with van der Waals surface area (Å²) in [6, 6.07) is 8.69. The summed E-state index contributed by atoms with van der Waals surface area (Å²) >= 11 is -0.0670. The molecule has 162 valence electrons. The zero-order valence-corrected chi connectivity index (χ0v) is 19.9. The number of imide groups is 1. The molecule has 0 saturated carbocycles. The average Bonchev–Trinajstić information content (AvgIpc) is 2.57. The Bertz CT molecular complexity index is 665. The van der Waals surface area contributed by atoms with Crippen molar-refractivity contribution in [1.29, 1.82) is 0 Å². The van der Waals surface area contributed by atoms with E-state index in [0.717, 1.165) is 15.8 Å². The summed E-state index contributed by atoms with van der Waals surface area (Å²) in [7, 11) is 1.22. The molecule has 0 N–H and O–H groups in total. The second kappa shape index (κ2) is 10.6.